The predicted molar refractivity (Wildman–Crippen MR) is 95.2 cm³/mol. The second-order valence-electron chi connectivity index (χ2n) is 4.28. The number of hydrogen-bond acceptors (Lipinski definition) is 6. The van der Waals surface area contributed by atoms with Crippen LogP contribution in [0.25, 0.3) is 10.4 Å². The first-order chi connectivity index (χ1) is 10.6. The molecule has 3 rings (SSSR count). The third-order valence-electron chi connectivity index (χ3n) is 2.73. The molecule has 9 heteroatoms. The minimum absolute atomic E-state index is 0. The molecule has 3 aromatic rings. The predicted octanol–water partition coefficient (Wildman–Crippen LogP) is 3.81. The van der Waals surface area contributed by atoms with Crippen molar-refractivity contribution in [1.82, 2.24) is 15.0 Å². The molecule has 3 aromatic heterocycles. The van der Waals surface area contributed by atoms with Gasteiger partial charge in [0.15, 0.2) is 5.13 Å². The lowest BCUT2D eigenvalue weighted by Crippen LogP contribution is -1.96. The summed E-state index contributed by atoms with van der Waals surface area (Å²) in [7, 11) is 0. The molecule has 0 amide bonds. The Morgan fingerprint density at radius 1 is 1.22 bits per heavy atom. The lowest BCUT2D eigenvalue weighted by Gasteiger charge is -2.01. The van der Waals surface area contributed by atoms with E-state index in [0.717, 1.165) is 4.88 Å². The Morgan fingerprint density at radius 3 is 2.78 bits per heavy atom. The van der Waals surface area contributed by atoms with Crippen LogP contribution in [0, 0.1) is 0 Å². The van der Waals surface area contributed by atoms with E-state index < -0.39 is 5.97 Å². The minimum atomic E-state index is -1.01. The van der Waals surface area contributed by atoms with E-state index in [9.17, 15) is 4.79 Å². The van der Waals surface area contributed by atoms with Gasteiger partial charge in [-0.2, -0.15) is 13.5 Å². The van der Waals surface area contributed by atoms with Gasteiger partial charge in [-0.3, -0.25) is 4.98 Å². The molecule has 23 heavy (non-hydrogen) atoms. The number of carboxylic acids is 1. The van der Waals surface area contributed by atoms with Crippen molar-refractivity contribution in [1.29, 1.82) is 0 Å². The first-order valence-corrected chi connectivity index (χ1v) is 7.34. The van der Waals surface area contributed by atoms with Crippen LogP contribution in [0.5, 0.6) is 0 Å². The number of hydrogen-bond donors (Lipinski definition) is 2. The molecule has 0 spiro atoms. The molecule has 0 aliphatic carbocycles. The van der Waals surface area contributed by atoms with Crippen LogP contribution in [-0.4, -0.2) is 26.0 Å². The van der Waals surface area contributed by atoms with Crippen LogP contribution in [0.2, 0.25) is 5.02 Å². The van der Waals surface area contributed by atoms with Gasteiger partial charge in [0.05, 0.1) is 10.4 Å². The highest BCUT2D eigenvalue weighted by atomic mass is 35.5. The van der Waals surface area contributed by atoms with Gasteiger partial charge in [0.2, 0.25) is 0 Å². The molecular weight excluding hydrogens is 356 g/mol. The Morgan fingerprint density at radius 2 is 2.04 bits per heavy atom. The smallest absolute Gasteiger partial charge is 0.337 e. The summed E-state index contributed by atoms with van der Waals surface area (Å²) in [5.74, 6) is -0.425. The van der Waals surface area contributed by atoms with Crippen LogP contribution in [-0.2, 0) is 0 Å². The summed E-state index contributed by atoms with van der Waals surface area (Å²) in [5, 5.41) is 13.3. The van der Waals surface area contributed by atoms with Crippen molar-refractivity contribution < 1.29 is 9.90 Å². The second-order valence-corrected chi connectivity index (χ2v) is 5.75. The van der Waals surface area contributed by atoms with Crippen molar-refractivity contribution in [2.45, 2.75) is 0 Å². The number of halogens is 1. The van der Waals surface area contributed by atoms with E-state index in [-0.39, 0.29) is 19.1 Å². The van der Waals surface area contributed by atoms with Gasteiger partial charge >= 0.3 is 5.97 Å². The Bertz CT molecular complexity index is 841. The van der Waals surface area contributed by atoms with E-state index in [0.29, 0.717) is 21.5 Å². The van der Waals surface area contributed by atoms with Crippen molar-refractivity contribution in [3.8, 4) is 10.4 Å². The number of carbonyl (C=O) groups is 1. The van der Waals surface area contributed by atoms with Crippen LogP contribution in [0.4, 0.5) is 10.9 Å². The summed E-state index contributed by atoms with van der Waals surface area (Å²) in [6, 6.07) is 4.93. The molecule has 0 unspecified atom stereocenters. The molecule has 6 nitrogen and oxygen atoms in total. The maximum Gasteiger partial charge on any atom is 0.337 e. The van der Waals surface area contributed by atoms with Crippen LogP contribution in [0.1, 0.15) is 10.4 Å². The summed E-state index contributed by atoms with van der Waals surface area (Å²) >= 11 is 7.27. The number of aromatic nitrogens is 3. The summed E-state index contributed by atoms with van der Waals surface area (Å²) in [5.41, 5.74) is 0.835. The minimum Gasteiger partial charge on any atom is -0.478 e. The third-order valence-corrected chi connectivity index (χ3v) is 3.93. The molecule has 0 fully saturated rings. The van der Waals surface area contributed by atoms with Gasteiger partial charge < -0.3 is 10.4 Å². The van der Waals surface area contributed by atoms with Gasteiger partial charge in [-0.1, -0.05) is 22.9 Å². The topological polar surface area (TPSA) is 88.0 Å². The molecule has 0 bridgehead atoms. The van der Waals surface area contributed by atoms with E-state index in [2.05, 4.69) is 20.3 Å². The highest BCUT2D eigenvalue weighted by Crippen LogP contribution is 2.30. The highest BCUT2D eigenvalue weighted by molar-refractivity contribution is 7.59. The normalized spacial score (nSPS) is 9.96. The Labute approximate surface area is 147 Å². The molecular formula is C14H11ClN4O2S2. The Kier molecular flexibility index (Phi) is 5.54. The number of thiazole rings is 1. The van der Waals surface area contributed by atoms with Crippen LogP contribution >= 0.6 is 36.4 Å². The largest absolute Gasteiger partial charge is 0.478 e. The number of rotatable bonds is 4. The van der Waals surface area contributed by atoms with Crippen molar-refractivity contribution in [2.24, 2.45) is 0 Å². The fourth-order valence-corrected chi connectivity index (χ4v) is 2.70. The summed E-state index contributed by atoms with van der Waals surface area (Å²) in [6.07, 6.45) is 6.16. The van der Waals surface area contributed by atoms with Gasteiger partial charge in [-0.05, 0) is 18.2 Å². The zero-order valence-electron chi connectivity index (χ0n) is 11.5. The third kappa shape index (κ3) is 4.19. The molecule has 0 saturated heterocycles. The zero-order chi connectivity index (χ0) is 15.5. The molecule has 0 aliphatic heterocycles. The van der Waals surface area contributed by atoms with Gasteiger partial charge in [0.1, 0.15) is 5.82 Å². The maximum absolute atomic E-state index is 11.0. The maximum atomic E-state index is 11.0. The summed E-state index contributed by atoms with van der Waals surface area (Å²) in [6.45, 7) is 0. The van der Waals surface area contributed by atoms with E-state index >= 15 is 0 Å². The highest BCUT2D eigenvalue weighted by Gasteiger charge is 2.09. The molecule has 118 valence electrons. The Balaban J connectivity index is 0.00000192. The SMILES string of the molecule is O=C(O)c1cncc(-c2cnc(Nc3cc(Cl)ccn3)s2)c1.S. The standard InChI is InChI=1S/C14H9ClN4O2S.H2S/c15-10-1-2-17-12(4-10)19-14-18-7-11(22-14)8-3-9(13(20)21)6-16-5-8;/h1-7H,(H,20,21)(H,17,18,19);1H2. The molecule has 3 heterocycles. The zero-order valence-corrected chi connectivity index (χ0v) is 14.1. The molecule has 0 radical (unpaired) electrons. The lowest BCUT2D eigenvalue weighted by atomic mass is 10.2. The summed E-state index contributed by atoms with van der Waals surface area (Å²) < 4.78 is 0. The number of nitrogens with zero attached hydrogens (tertiary/aromatic N) is 3. The Hall–Kier alpha value is -2.16. The molecule has 0 aliphatic rings. The van der Waals surface area contributed by atoms with Gasteiger partial charge in [-0.15, -0.1) is 0 Å². The van der Waals surface area contributed by atoms with Gasteiger partial charge in [0.25, 0.3) is 0 Å². The number of anilines is 2. The number of aromatic carboxylic acids is 1. The number of pyridine rings is 2. The molecule has 2 N–H and O–H groups in total. The lowest BCUT2D eigenvalue weighted by molar-refractivity contribution is 0.0696. The first kappa shape index (κ1) is 17.2. The number of carboxylic acid groups (broad SMARTS) is 1. The first-order valence-electron chi connectivity index (χ1n) is 6.15. The van der Waals surface area contributed by atoms with Crippen LogP contribution in [0.3, 0.4) is 0 Å². The van der Waals surface area contributed by atoms with Gasteiger partial charge in [-0.25, -0.2) is 14.8 Å². The summed E-state index contributed by atoms with van der Waals surface area (Å²) in [4.78, 5) is 24.1. The van der Waals surface area contributed by atoms with Crippen molar-refractivity contribution in [3.05, 3.63) is 53.6 Å². The van der Waals surface area contributed by atoms with E-state index in [1.54, 1.807) is 36.8 Å². The van der Waals surface area contributed by atoms with E-state index in [4.69, 9.17) is 16.7 Å². The van der Waals surface area contributed by atoms with Crippen molar-refractivity contribution in [2.75, 3.05) is 5.32 Å². The van der Waals surface area contributed by atoms with E-state index in [1.807, 2.05) is 0 Å². The van der Waals surface area contributed by atoms with E-state index in [1.165, 1.54) is 17.5 Å². The monoisotopic (exact) mass is 366 g/mol. The van der Waals surface area contributed by atoms with Crippen LogP contribution in [0.15, 0.2) is 43.0 Å². The van der Waals surface area contributed by atoms with Crippen molar-refractivity contribution >= 4 is 53.4 Å². The quantitative estimate of drug-likeness (QED) is 0.730. The van der Waals surface area contributed by atoms with Crippen molar-refractivity contribution in [3.63, 3.8) is 0 Å². The average Bonchev–Trinajstić information content (AvgIpc) is 2.96. The van der Waals surface area contributed by atoms with Gasteiger partial charge in [0, 0.05) is 35.4 Å². The molecule has 0 saturated carbocycles. The molecule has 0 atom stereocenters. The second kappa shape index (κ2) is 7.40. The fraction of sp³-hybridized carbons (Fsp3) is 0. The average molecular weight is 367 g/mol. The number of nitrogens with one attached hydrogen (secondary N) is 1. The van der Waals surface area contributed by atoms with Crippen LogP contribution < -0.4 is 5.32 Å². The fourth-order valence-electron chi connectivity index (χ4n) is 1.74. The molecule has 0 aromatic carbocycles.